The molecule has 230 valence electrons. The predicted molar refractivity (Wildman–Crippen MR) is 141 cm³/mol. The van der Waals surface area contributed by atoms with Crippen LogP contribution < -0.4 is 20.4 Å². The highest BCUT2D eigenvalue weighted by atomic mass is 79.9. The summed E-state index contributed by atoms with van der Waals surface area (Å²) in [6.45, 7) is -1.69. The van der Waals surface area contributed by atoms with Crippen molar-refractivity contribution < 1.29 is 66.6 Å². The van der Waals surface area contributed by atoms with Crippen LogP contribution in [0.5, 0.6) is 28.7 Å². The maximum atomic E-state index is 13.2. The zero-order chi connectivity index (χ0) is 32.0. The molecule has 0 saturated heterocycles. The van der Waals surface area contributed by atoms with E-state index in [9.17, 15) is 52.8 Å². The third-order valence-electron chi connectivity index (χ3n) is 7.34. The standard InChI is InChI=1S/C27H17BrF3NO12/c1-41-24(39)11-3-7-2-8-10(33)5-26(43-22(8)20(37)12(7)25(40)42-11)4-9-17(34)13-14(21(38)23(9)44-26)19(36)16(15(28)18(13)35)32-6-27(29,30)31/h2-3,10,32-34,37-38H,4-6H2,1H3. The zero-order valence-corrected chi connectivity index (χ0v) is 23.5. The fourth-order valence-corrected chi connectivity index (χ4v) is 5.97. The molecule has 2 unspecified atom stereocenters. The Morgan fingerprint density at radius 1 is 1.07 bits per heavy atom. The number of aromatic hydroxyl groups is 3. The molecule has 17 heteroatoms. The summed E-state index contributed by atoms with van der Waals surface area (Å²) < 4.78 is 59.0. The highest BCUT2D eigenvalue weighted by molar-refractivity contribution is 9.12. The van der Waals surface area contributed by atoms with Gasteiger partial charge in [0.25, 0.3) is 5.79 Å². The third-order valence-corrected chi connectivity index (χ3v) is 8.10. The lowest BCUT2D eigenvalue weighted by atomic mass is 9.86. The van der Waals surface area contributed by atoms with Gasteiger partial charge in [0.15, 0.2) is 23.0 Å². The van der Waals surface area contributed by atoms with Crippen LogP contribution in [0, 0.1) is 0 Å². The van der Waals surface area contributed by atoms with Crippen molar-refractivity contribution in [1.82, 2.24) is 5.32 Å². The molecular weight excluding hydrogens is 667 g/mol. The normalized spacial score (nSPS) is 20.6. The monoisotopic (exact) mass is 683 g/mol. The van der Waals surface area contributed by atoms with Crippen LogP contribution in [0.15, 0.2) is 31.5 Å². The second kappa shape index (κ2) is 9.62. The number of ether oxygens (including phenoxy) is 3. The second-order valence-corrected chi connectivity index (χ2v) is 10.9. The Hall–Kier alpha value is -4.77. The number of hydrogen-bond donors (Lipinski definition) is 5. The molecular formula is C27H17BrF3NO12. The second-order valence-electron chi connectivity index (χ2n) is 10.1. The number of aliphatic hydroxyl groups is 1. The fraction of sp³-hybridized carbons (Fsp3) is 0.259. The molecule has 2 atom stereocenters. The summed E-state index contributed by atoms with van der Waals surface area (Å²) >= 11 is 2.79. The van der Waals surface area contributed by atoms with Crippen LogP contribution in [0.25, 0.3) is 10.8 Å². The lowest BCUT2D eigenvalue weighted by Gasteiger charge is -2.37. The molecule has 0 saturated carbocycles. The average Bonchev–Trinajstić information content (AvgIpc) is 3.32. The van der Waals surface area contributed by atoms with Crippen molar-refractivity contribution in [3.05, 3.63) is 60.7 Å². The largest absolute Gasteiger partial charge is 0.507 e. The molecule has 1 spiro atoms. The Morgan fingerprint density at radius 3 is 2.39 bits per heavy atom. The molecule has 2 aromatic carbocycles. The molecule has 6 rings (SSSR count). The van der Waals surface area contributed by atoms with Crippen LogP contribution in [-0.2, 0) is 11.2 Å². The Bertz CT molecular complexity index is 1950. The quantitative estimate of drug-likeness (QED) is 0.199. The van der Waals surface area contributed by atoms with Crippen molar-refractivity contribution in [3.8, 4) is 28.7 Å². The Kier molecular flexibility index (Phi) is 6.41. The molecule has 0 fully saturated rings. The molecule has 0 amide bonds. The van der Waals surface area contributed by atoms with E-state index in [0.29, 0.717) is 0 Å². The number of nitrogens with one attached hydrogen (secondary N) is 1. The molecule has 1 aliphatic carbocycles. The van der Waals surface area contributed by atoms with Gasteiger partial charge in [-0.05, 0) is 33.4 Å². The molecule has 2 aliphatic heterocycles. The molecule has 13 nitrogen and oxygen atoms in total. The number of carbonyl (C=O) groups excluding carboxylic acids is 3. The Morgan fingerprint density at radius 2 is 1.73 bits per heavy atom. The number of halogens is 4. The molecule has 0 radical (unpaired) electrons. The smallest absolute Gasteiger partial charge is 0.405 e. The van der Waals surface area contributed by atoms with Crippen molar-refractivity contribution in [3.63, 3.8) is 0 Å². The van der Waals surface area contributed by atoms with Crippen molar-refractivity contribution in [2.75, 3.05) is 13.7 Å². The summed E-state index contributed by atoms with van der Waals surface area (Å²) in [6.07, 6.45) is -7.14. The SMILES string of the molecule is COC(=O)c1cc2cc3c(c(O)c2c(=O)o1)OC1(Cc2c(O)c4c(c(O)c2O1)C(=O)C(NCC(F)(F)F)=C(Br)C4=O)CC3O. The summed E-state index contributed by atoms with van der Waals surface area (Å²) in [5.74, 6) is -9.43. The van der Waals surface area contributed by atoms with Gasteiger partial charge < -0.3 is 44.4 Å². The van der Waals surface area contributed by atoms with E-state index in [0.717, 1.165) is 13.2 Å². The van der Waals surface area contributed by atoms with Crippen LogP contribution in [0.4, 0.5) is 13.2 Å². The average molecular weight is 684 g/mol. The molecule has 5 N–H and O–H groups in total. The van der Waals surface area contributed by atoms with Crippen LogP contribution in [0.1, 0.15) is 54.9 Å². The van der Waals surface area contributed by atoms with E-state index in [1.807, 2.05) is 5.32 Å². The van der Waals surface area contributed by atoms with Gasteiger partial charge >= 0.3 is 17.8 Å². The van der Waals surface area contributed by atoms with E-state index in [4.69, 9.17) is 13.9 Å². The van der Waals surface area contributed by atoms with Gasteiger partial charge in [-0.15, -0.1) is 0 Å². The Balaban J connectivity index is 1.42. The zero-order valence-electron chi connectivity index (χ0n) is 21.9. The van der Waals surface area contributed by atoms with Gasteiger partial charge in [0.05, 0.1) is 41.7 Å². The van der Waals surface area contributed by atoms with Gasteiger partial charge in [-0.2, -0.15) is 13.2 Å². The predicted octanol–water partition coefficient (Wildman–Crippen LogP) is 2.98. The number of ketones is 2. The summed E-state index contributed by atoms with van der Waals surface area (Å²) in [5, 5.41) is 45.6. The van der Waals surface area contributed by atoms with E-state index >= 15 is 0 Å². The van der Waals surface area contributed by atoms with E-state index in [1.54, 1.807) is 0 Å². The van der Waals surface area contributed by atoms with Gasteiger partial charge in [0.1, 0.15) is 23.4 Å². The number of methoxy groups -OCH3 is 1. The first kappa shape index (κ1) is 29.3. The highest BCUT2D eigenvalue weighted by Crippen LogP contribution is 2.57. The number of phenols is 3. The Labute approximate surface area is 250 Å². The van der Waals surface area contributed by atoms with E-state index in [1.165, 1.54) is 6.07 Å². The van der Waals surface area contributed by atoms with Gasteiger partial charge in [-0.1, -0.05) is 0 Å². The van der Waals surface area contributed by atoms with E-state index < -0.39 is 122 Å². The highest BCUT2D eigenvalue weighted by Gasteiger charge is 2.53. The summed E-state index contributed by atoms with van der Waals surface area (Å²) in [5.41, 5.74) is -3.78. The lowest BCUT2D eigenvalue weighted by Crippen LogP contribution is -2.45. The number of hydrogen-bond acceptors (Lipinski definition) is 13. The van der Waals surface area contributed by atoms with Gasteiger partial charge in [-0.3, -0.25) is 9.59 Å². The molecule has 3 aliphatic rings. The molecule has 3 aromatic rings. The van der Waals surface area contributed by atoms with Crippen molar-refractivity contribution in [2.45, 2.75) is 30.9 Å². The van der Waals surface area contributed by atoms with Crippen LogP contribution in [-0.4, -0.2) is 63.6 Å². The summed E-state index contributed by atoms with van der Waals surface area (Å²) in [6, 6.07) is 2.37. The van der Waals surface area contributed by atoms with Crippen molar-refractivity contribution in [2.24, 2.45) is 0 Å². The number of allylic oxidation sites excluding steroid dienone is 2. The minimum atomic E-state index is -4.77. The third kappa shape index (κ3) is 4.25. The number of esters is 1. The maximum Gasteiger partial charge on any atom is 0.405 e. The molecule has 0 bridgehead atoms. The van der Waals surface area contributed by atoms with Crippen LogP contribution in [0.2, 0.25) is 0 Å². The van der Waals surface area contributed by atoms with Crippen LogP contribution >= 0.6 is 15.9 Å². The topological polar surface area (TPSA) is 202 Å². The number of phenolic OH excluding ortho intramolecular Hbond substituents is 3. The van der Waals surface area contributed by atoms with Gasteiger partial charge in [-0.25, -0.2) is 9.59 Å². The summed E-state index contributed by atoms with van der Waals surface area (Å²) in [7, 11) is 1.06. The number of fused-ring (bicyclic) bond motifs is 4. The van der Waals surface area contributed by atoms with Gasteiger partial charge in [0.2, 0.25) is 17.3 Å². The first-order chi connectivity index (χ1) is 20.6. The molecule has 1 aromatic heterocycles. The number of benzene rings is 2. The first-order valence-corrected chi connectivity index (χ1v) is 13.3. The minimum Gasteiger partial charge on any atom is -0.507 e. The number of alkyl halides is 3. The number of Topliss-reactive ketones (excluding diaryl/α,β-unsaturated/α-hetero) is 2. The number of aliphatic hydroxyl groups excluding tert-OH is 1. The summed E-state index contributed by atoms with van der Waals surface area (Å²) in [4.78, 5) is 50.8. The number of carbonyl (C=O) groups is 3. The lowest BCUT2D eigenvalue weighted by molar-refractivity contribution is -0.139. The maximum absolute atomic E-state index is 13.2. The fourth-order valence-electron chi connectivity index (χ4n) is 5.45. The van der Waals surface area contributed by atoms with Crippen LogP contribution in [0.3, 0.4) is 0 Å². The first-order valence-electron chi connectivity index (χ1n) is 12.5. The number of rotatable bonds is 3. The van der Waals surface area contributed by atoms with Crippen molar-refractivity contribution >= 4 is 44.2 Å². The van der Waals surface area contributed by atoms with Gasteiger partial charge in [0, 0.05) is 11.1 Å². The molecule has 3 heterocycles. The minimum absolute atomic E-state index is 0.000119. The van der Waals surface area contributed by atoms with Crippen molar-refractivity contribution in [1.29, 1.82) is 0 Å². The van der Waals surface area contributed by atoms with E-state index in [-0.39, 0.29) is 16.5 Å². The molecule has 44 heavy (non-hydrogen) atoms. The van der Waals surface area contributed by atoms with E-state index in [2.05, 4.69) is 20.7 Å².